The van der Waals surface area contributed by atoms with E-state index in [-0.39, 0.29) is 11.3 Å². The van der Waals surface area contributed by atoms with Gasteiger partial charge >= 0.3 is 6.18 Å². The fourth-order valence-electron chi connectivity index (χ4n) is 1.59. The van der Waals surface area contributed by atoms with Crippen molar-refractivity contribution in [1.82, 2.24) is 5.32 Å². The zero-order chi connectivity index (χ0) is 15.5. The summed E-state index contributed by atoms with van der Waals surface area (Å²) in [5.74, 6) is -0.988. The number of anilines is 1. The average molecular weight is 288 g/mol. The van der Waals surface area contributed by atoms with E-state index in [0.717, 1.165) is 18.2 Å². The number of likely N-dealkylation sites (N-methyl/N-ethyl adjacent to an activating group) is 1. The fraction of sp³-hybridized carbons (Fsp3) is 0.385. The van der Waals surface area contributed by atoms with Gasteiger partial charge in [0.2, 0.25) is 5.91 Å². The predicted octanol–water partition coefficient (Wildman–Crippen LogP) is 2.45. The number of ketones is 1. The van der Waals surface area contributed by atoms with Crippen LogP contribution in [-0.4, -0.2) is 24.8 Å². The van der Waals surface area contributed by atoms with Crippen LogP contribution in [0.4, 0.5) is 18.9 Å². The number of nitrogens with one attached hydrogen (secondary N) is 2. The summed E-state index contributed by atoms with van der Waals surface area (Å²) in [7, 11) is 1.52. The minimum absolute atomic E-state index is 0.0672. The van der Waals surface area contributed by atoms with Crippen LogP contribution in [0.3, 0.4) is 0 Å². The third kappa shape index (κ3) is 3.80. The number of rotatable bonds is 4. The first-order valence-corrected chi connectivity index (χ1v) is 5.87. The number of alkyl halides is 3. The molecule has 1 aromatic rings. The van der Waals surface area contributed by atoms with Crippen LogP contribution in [0.2, 0.25) is 0 Å². The van der Waals surface area contributed by atoms with Gasteiger partial charge in [0.1, 0.15) is 0 Å². The molecule has 0 fully saturated rings. The lowest BCUT2D eigenvalue weighted by Crippen LogP contribution is -2.31. The lowest BCUT2D eigenvalue weighted by Gasteiger charge is -2.16. The van der Waals surface area contributed by atoms with Crippen molar-refractivity contribution in [1.29, 1.82) is 0 Å². The molecule has 0 heterocycles. The molecule has 1 rings (SSSR count). The van der Waals surface area contributed by atoms with Crippen molar-refractivity contribution in [2.75, 3.05) is 12.4 Å². The average Bonchev–Trinajstić information content (AvgIpc) is 2.35. The van der Waals surface area contributed by atoms with Gasteiger partial charge in [-0.3, -0.25) is 9.59 Å². The maximum absolute atomic E-state index is 12.7. The normalized spacial score (nSPS) is 12.9. The summed E-state index contributed by atoms with van der Waals surface area (Å²) in [6, 6.07) is 2.00. The Hall–Kier alpha value is -1.89. The maximum atomic E-state index is 12.7. The quantitative estimate of drug-likeness (QED) is 0.837. The zero-order valence-electron chi connectivity index (χ0n) is 11.3. The molecule has 0 aliphatic carbocycles. The Morgan fingerprint density at radius 3 is 2.30 bits per heavy atom. The zero-order valence-corrected chi connectivity index (χ0v) is 11.3. The summed E-state index contributed by atoms with van der Waals surface area (Å²) < 4.78 is 38.1. The maximum Gasteiger partial charge on any atom is 0.416 e. The highest BCUT2D eigenvalue weighted by Crippen LogP contribution is 2.32. The molecule has 0 saturated heterocycles. The van der Waals surface area contributed by atoms with E-state index in [2.05, 4.69) is 10.6 Å². The molecule has 0 saturated carbocycles. The predicted molar refractivity (Wildman–Crippen MR) is 68.6 cm³/mol. The number of amides is 1. The third-order valence-corrected chi connectivity index (χ3v) is 2.75. The van der Waals surface area contributed by atoms with Gasteiger partial charge in [-0.15, -0.1) is 0 Å². The molecule has 20 heavy (non-hydrogen) atoms. The highest BCUT2D eigenvalue weighted by molar-refractivity contribution is 6.07. The van der Waals surface area contributed by atoms with E-state index in [1.54, 1.807) is 0 Å². The monoisotopic (exact) mass is 288 g/mol. The van der Waals surface area contributed by atoms with Crippen LogP contribution >= 0.6 is 0 Å². The highest BCUT2D eigenvalue weighted by Gasteiger charge is 2.32. The molecule has 0 aliphatic rings. The number of hydrogen-bond acceptors (Lipinski definition) is 3. The summed E-state index contributed by atoms with van der Waals surface area (Å²) in [6.07, 6.45) is -4.55. The topological polar surface area (TPSA) is 58.2 Å². The number of benzene rings is 1. The van der Waals surface area contributed by atoms with E-state index in [1.807, 2.05) is 0 Å². The van der Waals surface area contributed by atoms with Crippen LogP contribution in [0.5, 0.6) is 0 Å². The van der Waals surface area contributed by atoms with Gasteiger partial charge in [0, 0.05) is 12.5 Å². The molecule has 0 spiro atoms. The van der Waals surface area contributed by atoms with E-state index in [1.165, 1.54) is 20.9 Å². The second-order valence-electron chi connectivity index (χ2n) is 4.31. The number of carbonyl (C=O) groups excluding carboxylic acids is 2. The van der Waals surface area contributed by atoms with Crippen molar-refractivity contribution in [2.45, 2.75) is 26.1 Å². The standard InChI is InChI=1S/C13H15F3N2O2/c1-7(17-3)12(20)10-6-9(13(14,15)16)4-5-11(10)18-8(2)19/h4-7,17H,1-3H3,(H,18,19). The summed E-state index contributed by atoms with van der Waals surface area (Å²) in [6.45, 7) is 2.74. The molecular formula is C13H15F3N2O2. The molecule has 0 bridgehead atoms. The second kappa shape index (κ2) is 6.04. The SMILES string of the molecule is CNC(C)C(=O)c1cc(C(F)(F)F)ccc1NC(C)=O. The van der Waals surface area contributed by atoms with Crippen molar-refractivity contribution in [2.24, 2.45) is 0 Å². The van der Waals surface area contributed by atoms with E-state index in [9.17, 15) is 22.8 Å². The minimum atomic E-state index is -4.55. The first kappa shape index (κ1) is 16.2. The fourth-order valence-corrected chi connectivity index (χ4v) is 1.59. The molecule has 1 amide bonds. The molecule has 7 heteroatoms. The van der Waals surface area contributed by atoms with Crippen molar-refractivity contribution in [3.8, 4) is 0 Å². The van der Waals surface area contributed by atoms with Crippen LogP contribution in [0.15, 0.2) is 18.2 Å². The second-order valence-corrected chi connectivity index (χ2v) is 4.31. The van der Waals surface area contributed by atoms with Crippen molar-refractivity contribution in [3.63, 3.8) is 0 Å². The summed E-state index contributed by atoms with van der Waals surface area (Å²) in [4.78, 5) is 23.1. The summed E-state index contributed by atoms with van der Waals surface area (Å²) in [5, 5.41) is 5.02. The third-order valence-electron chi connectivity index (χ3n) is 2.75. The Kier molecular flexibility index (Phi) is 4.88. The summed E-state index contributed by atoms with van der Waals surface area (Å²) in [5.41, 5.74) is -1.03. The molecule has 1 aromatic carbocycles. The molecule has 1 unspecified atom stereocenters. The first-order valence-electron chi connectivity index (χ1n) is 5.87. The molecule has 4 nitrogen and oxygen atoms in total. The number of carbonyl (C=O) groups is 2. The molecule has 0 radical (unpaired) electrons. The molecule has 110 valence electrons. The van der Waals surface area contributed by atoms with E-state index < -0.39 is 29.5 Å². The highest BCUT2D eigenvalue weighted by atomic mass is 19.4. The van der Waals surface area contributed by atoms with Crippen molar-refractivity contribution in [3.05, 3.63) is 29.3 Å². The Balaban J connectivity index is 3.33. The van der Waals surface area contributed by atoms with Crippen LogP contribution in [-0.2, 0) is 11.0 Å². The smallest absolute Gasteiger partial charge is 0.326 e. The van der Waals surface area contributed by atoms with Gasteiger partial charge in [0.25, 0.3) is 0 Å². The largest absolute Gasteiger partial charge is 0.416 e. The lowest BCUT2D eigenvalue weighted by atomic mass is 10.00. The molecule has 0 aromatic heterocycles. The van der Waals surface area contributed by atoms with E-state index >= 15 is 0 Å². The van der Waals surface area contributed by atoms with Crippen molar-refractivity contribution >= 4 is 17.4 Å². The van der Waals surface area contributed by atoms with Crippen molar-refractivity contribution < 1.29 is 22.8 Å². The van der Waals surface area contributed by atoms with Crippen LogP contribution in [0, 0.1) is 0 Å². The van der Waals surface area contributed by atoms with Gasteiger partial charge in [0.05, 0.1) is 17.3 Å². The molecular weight excluding hydrogens is 273 g/mol. The van der Waals surface area contributed by atoms with Gasteiger partial charge in [-0.1, -0.05) is 0 Å². The van der Waals surface area contributed by atoms with Gasteiger partial charge < -0.3 is 10.6 Å². The van der Waals surface area contributed by atoms with Gasteiger partial charge in [0.15, 0.2) is 5.78 Å². The van der Waals surface area contributed by atoms with Crippen LogP contribution < -0.4 is 10.6 Å². The Labute approximate surface area is 114 Å². The number of halogens is 3. The van der Waals surface area contributed by atoms with E-state index in [4.69, 9.17) is 0 Å². The lowest BCUT2D eigenvalue weighted by molar-refractivity contribution is -0.137. The molecule has 0 aliphatic heterocycles. The molecule has 2 N–H and O–H groups in total. The van der Waals surface area contributed by atoms with Gasteiger partial charge in [-0.05, 0) is 32.2 Å². The number of hydrogen-bond donors (Lipinski definition) is 2. The van der Waals surface area contributed by atoms with Crippen LogP contribution in [0.1, 0.15) is 29.8 Å². The Morgan fingerprint density at radius 2 is 1.85 bits per heavy atom. The van der Waals surface area contributed by atoms with Crippen LogP contribution in [0.25, 0.3) is 0 Å². The Bertz CT molecular complexity index is 527. The van der Waals surface area contributed by atoms with E-state index in [0.29, 0.717) is 0 Å². The molecule has 1 atom stereocenters. The Morgan fingerprint density at radius 1 is 1.25 bits per heavy atom. The van der Waals surface area contributed by atoms with Gasteiger partial charge in [-0.25, -0.2) is 0 Å². The first-order chi connectivity index (χ1) is 9.16. The minimum Gasteiger partial charge on any atom is -0.326 e. The number of Topliss-reactive ketones (excluding diaryl/α,β-unsaturated/α-hetero) is 1. The summed E-state index contributed by atoms with van der Waals surface area (Å²) >= 11 is 0. The van der Waals surface area contributed by atoms with Gasteiger partial charge in [-0.2, -0.15) is 13.2 Å².